The summed E-state index contributed by atoms with van der Waals surface area (Å²) in [7, 11) is 0. The van der Waals surface area contributed by atoms with Crippen LogP contribution in [0.25, 0.3) is 0 Å². The van der Waals surface area contributed by atoms with Crippen molar-refractivity contribution in [2.24, 2.45) is 5.41 Å². The summed E-state index contributed by atoms with van der Waals surface area (Å²) in [5.41, 5.74) is 0.390. The van der Waals surface area contributed by atoms with Gasteiger partial charge < -0.3 is 5.32 Å². The lowest BCUT2D eigenvalue weighted by Gasteiger charge is -2.26. The van der Waals surface area contributed by atoms with Crippen LogP contribution in [-0.2, 0) is 0 Å². The van der Waals surface area contributed by atoms with Crippen molar-refractivity contribution in [1.82, 2.24) is 5.32 Å². The Morgan fingerprint density at radius 1 is 0.900 bits per heavy atom. The molecule has 0 saturated heterocycles. The molecular formula is C19H35N. The highest BCUT2D eigenvalue weighted by molar-refractivity contribution is 5.15. The van der Waals surface area contributed by atoms with E-state index in [1.807, 2.05) is 0 Å². The highest BCUT2D eigenvalue weighted by Crippen LogP contribution is 2.30. The predicted molar refractivity (Wildman–Crippen MR) is 91.1 cm³/mol. The normalized spacial score (nSPS) is 21.5. The van der Waals surface area contributed by atoms with Gasteiger partial charge in [0.05, 0.1) is 0 Å². The van der Waals surface area contributed by atoms with Gasteiger partial charge in [0.15, 0.2) is 0 Å². The number of hydrogen-bond donors (Lipinski definition) is 1. The van der Waals surface area contributed by atoms with E-state index in [-0.39, 0.29) is 0 Å². The van der Waals surface area contributed by atoms with E-state index < -0.39 is 0 Å². The molecule has 0 heterocycles. The first-order valence-electron chi connectivity index (χ1n) is 8.82. The van der Waals surface area contributed by atoms with Crippen molar-refractivity contribution in [1.29, 1.82) is 0 Å². The van der Waals surface area contributed by atoms with Crippen molar-refractivity contribution in [3.8, 4) is 0 Å². The van der Waals surface area contributed by atoms with Gasteiger partial charge in [-0.2, -0.15) is 0 Å². The van der Waals surface area contributed by atoms with Gasteiger partial charge in [0.25, 0.3) is 0 Å². The van der Waals surface area contributed by atoms with Crippen LogP contribution >= 0.6 is 0 Å². The summed E-state index contributed by atoms with van der Waals surface area (Å²) < 4.78 is 0. The van der Waals surface area contributed by atoms with Gasteiger partial charge in [-0.3, -0.25) is 0 Å². The molecule has 0 fully saturated rings. The predicted octanol–water partition coefficient (Wildman–Crippen LogP) is 5.63. The van der Waals surface area contributed by atoms with Gasteiger partial charge in [0.1, 0.15) is 0 Å². The van der Waals surface area contributed by atoms with Crippen molar-refractivity contribution in [2.75, 3.05) is 13.1 Å². The summed E-state index contributed by atoms with van der Waals surface area (Å²) in [5, 5.41) is 3.61. The molecule has 0 saturated carbocycles. The quantitative estimate of drug-likeness (QED) is 0.456. The fraction of sp³-hybridized carbons (Fsp3) is 0.789. The molecule has 1 aliphatic rings. The average Bonchev–Trinajstić information content (AvgIpc) is 2.45. The maximum Gasteiger partial charge on any atom is -0.00406 e. The third-order valence-corrected chi connectivity index (χ3v) is 4.41. The van der Waals surface area contributed by atoms with Crippen molar-refractivity contribution >= 4 is 0 Å². The van der Waals surface area contributed by atoms with Gasteiger partial charge in [-0.05, 0) is 37.8 Å². The van der Waals surface area contributed by atoms with Gasteiger partial charge in [0, 0.05) is 0 Å². The van der Waals surface area contributed by atoms with Crippen LogP contribution in [0.15, 0.2) is 24.3 Å². The zero-order valence-corrected chi connectivity index (χ0v) is 13.8. The van der Waals surface area contributed by atoms with Crippen LogP contribution in [0.3, 0.4) is 0 Å². The van der Waals surface area contributed by atoms with Crippen LogP contribution in [-0.4, -0.2) is 13.1 Å². The molecule has 116 valence electrons. The van der Waals surface area contributed by atoms with E-state index in [0.29, 0.717) is 5.41 Å². The number of hydrogen-bond acceptors (Lipinski definition) is 1. The highest BCUT2D eigenvalue weighted by Gasteiger charge is 2.19. The lowest BCUT2D eigenvalue weighted by molar-refractivity contribution is 0.380. The van der Waals surface area contributed by atoms with Gasteiger partial charge in [-0.1, -0.05) is 83.1 Å². The molecule has 0 aromatic carbocycles. The van der Waals surface area contributed by atoms with Crippen molar-refractivity contribution < 1.29 is 0 Å². The monoisotopic (exact) mass is 277 g/mol. The lowest BCUT2D eigenvalue weighted by atomic mass is 9.81. The van der Waals surface area contributed by atoms with Crippen LogP contribution < -0.4 is 5.32 Å². The molecule has 0 bridgehead atoms. The number of allylic oxidation sites excluding steroid dienone is 4. The van der Waals surface area contributed by atoms with E-state index in [9.17, 15) is 0 Å². The van der Waals surface area contributed by atoms with E-state index in [1.54, 1.807) is 0 Å². The van der Waals surface area contributed by atoms with Crippen LogP contribution in [0, 0.1) is 5.41 Å². The van der Waals surface area contributed by atoms with Crippen LogP contribution in [0.2, 0.25) is 0 Å². The molecule has 1 unspecified atom stereocenters. The number of unbranched alkanes of at least 4 members (excludes halogenated alkanes) is 7. The van der Waals surface area contributed by atoms with Crippen molar-refractivity contribution in [3.05, 3.63) is 24.3 Å². The molecule has 0 aromatic heterocycles. The highest BCUT2D eigenvalue weighted by atomic mass is 14.8. The van der Waals surface area contributed by atoms with E-state index in [2.05, 4.69) is 43.5 Å². The standard InChI is InChI=1S/C19H35N/c1-3-4-5-6-7-8-9-13-17-20-18-16-19(2)14-11-10-12-15-19/h10-12,14,20H,3-9,13,15-18H2,1-2H3. The van der Waals surface area contributed by atoms with E-state index in [0.717, 1.165) is 6.54 Å². The Balaban J connectivity index is 1.83. The minimum Gasteiger partial charge on any atom is -0.317 e. The molecule has 1 rings (SSSR count). The second-order valence-corrected chi connectivity index (χ2v) is 6.62. The van der Waals surface area contributed by atoms with Crippen LogP contribution in [0.4, 0.5) is 0 Å². The van der Waals surface area contributed by atoms with E-state index >= 15 is 0 Å². The molecule has 1 atom stereocenters. The minimum absolute atomic E-state index is 0.390. The topological polar surface area (TPSA) is 12.0 Å². The summed E-state index contributed by atoms with van der Waals surface area (Å²) in [5.74, 6) is 0. The first-order chi connectivity index (χ1) is 9.77. The molecule has 0 radical (unpaired) electrons. The molecule has 0 amide bonds. The van der Waals surface area contributed by atoms with Crippen molar-refractivity contribution in [2.45, 2.75) is 78.1 Å². The molecule has 20 heavy (non-hydrogen) atoms. The molecule has 1 nitrogen and oxygen atoms in total. The Hall–Kier alpha value is -0.560. The summed E-state index contributed by atoms with van der Waals surface area (Å²) in [4.78, 5) is 0. The number of rotatable bonds is 12. The van der Waals surface area contributed by atoms with Gasteiger partial charge in [0.2, 0.25) is 0 Å². The maximum atomic E-state index is 3.61. The maximum absolute atomic E-state index is 3.61. The van der Waals surface area contributed by atoms with Gasteiger partial charge in [-0.25, -0.2) is 0 Å². The lowest BCUT2D eigenvalue weighted by Crippen LogP contribution is -2.24. The largest absolute Gasteiger partial charge is 0.317 e. The second kappa shape index (κ2) is 11.1. The SMILES string of the molecule is CCCCCCCCCCNCCC1(C)C=CC=CC1. The first kappa shape index (κ1) is 17.5. The Bertz CT molecular complexity index is 279. The third-order valence-electron chi connectivity index (χ3n) is 4.41. The molecule has 1 heteroatoms. The fourth-order valence-electron chi connectivity index (χ4n) is 2.84. The number of nitrogens with one attached hydrogen (secondary N) is 1. The summed E-state index contributed by atoms with van der Waals surface area (Å²) in [6.45, 7) is 7.01. The molecule has 1 aliphatic carbocycles. The van der Waals surface area contributed by atoms with Crippen molar-refractivity contribution in [3.63, 3.8) is 0 Å². The third kappa shape index (κ3) is 8.58. The second-order valence-electron chi connectivity index (χ2n) is 6.62. The molecule has 1 N–H and O–H groups in total. The Labute approximate surface area is 126 Å². The Kier molecular flexibility index (Phi) is 9.74. The molecular weight excluding hydrogens is 242 g/mol. The van der Waals surface area contributed by atoms with E-state index in [1.165, 1.54) is 70.8 Å². The summed E-state index contributed by atoms with van der Waals surface area (Å²) in [6.07, 6.45) is 22.7. The summed E-state index contributed by atoms with van der Waals surface area (Å²) in [6, 6.07) is 0. The minimum atomic E-state index is 0.390. The molecule has 0 aliphatic heterocycles. The molecule has 0 spiro atoms. The van der Waals surface area contributed by atoms with Crippen LogP contribution in [0.5, 0.6) is 0 Å². The Morgan fingerprint density at radius 2 is 1.60 bits per heavy atom. The smallest absolute Gasteiger partial charge is 0.00406 e. The van der Waals surface area contributed by atoms with Crippen LogP contribution in [0.1, 0.15) is 78.1 Å². The fourth-order valence-corrected chi connectivity index (χ4v) is 2.84. The molecule has 0 aromatic rings. The van der Waals surface area contributed by atoms with Gasteiger partial charge in [-0.15, -0.1) is 0 Å². The first-order valence-corrected chi connectivity index (χ1v) is 8.82. The average molecular weight is 277 g/mol. The zero-order valence-electron chi connectivity index (χ0n) is 13.8. The van der Waals surface area contributed by atoms with Gasteiger partial charge >= 0.3 is 0 Å². The summed E-state index contributed by atoms with van der Waals surface area (Å²) >= 11 is 0. The Morgan fingerprint density at radius 3 is 2.25 bits per heavy atom. The zero-order chi connectivity index (χ0) is 14.5. The van der Waals surface area contributed by atoms with E-state index in [4.69, 9.17) is 0 Å².